The molecule has 0 aliphatic heterocycles. The molecule has 1 saturated carbocycles. The van der Waals surface area contributed by atoms with Crippen molar-refractivity contribution in [1.82, 2.24) is 0 Å². The third kappa shape index (κ3) is 9.43. The summed E-state index contributed by atoms with van der Waals surface area (Å²) >= 11 is 13.2. The molecule has 43 heavy (non-hydrogen) atoms. The second-order valence-corrected chi connectivity index (χ2v) is 10.9. The number of rotatable bonds is 13. The summed E-state index contributed by atoms with van der Waals surface area (Å²) in [5.74, 6) is 1.68. The zero-order valence-electron chi connectivity index (χ0n) is 24.5. The van der Waals surface area contributed by atoms with Crippen LogP contribution in [0.4, 0.5) is 10.5 Å². The summed E-state index contributed by atoms with van der Waals surface area (Å²) in [5.41, 5.74) is 1.30. The van der Waals surface area contributed by atoms with E-state index in [1.165, 1.54) is 31.4 Å². The second-order valence-electron chi connectivity index (χ2n) is 10.1. The average Bonchev–Trinajstić information content (AvgIpc) is 3.01. The quantitative estimate of drug-likeness (QED) is 0.175. The molecule has 0 atom stereocenters. The molecule has 1 fully saturated rings. The normalized spacial score (nSPS) is 13.2. The van der Waals surface area contributed by atoms with Gasteiger partial charge in [-0.15, -0.1) is 0 Å². The molecule has 230 valence electrons. The van der Waals surface area contributed by atoms with Gasteiger partial charge in [0, 0.05) is 6.07 Å². The lowest BCUT2D eigenvalue weighted by Crippen LogP contribution is -2.37. The Balaban J connectivity index is 1.56. The summed E-state index contributed by atoms with van der Waals surface area (Å²) in [5, 5.41) is 0.268. The van der Waals surface area contributed by atoms with Crippen LogP contribution in [-0.4, -0.2) is 38.4 Å². The smallest absolute Gasteiger partial charge is 0.414 e. The number of benzene rings is 3. The zero-order valence-corrected chi connectivity index (χ0v) is 26.0. The van der Waals surface area contributed by atoms with Crippen molar-refractivity contribution in [1.29, 1.82) is 0 Å². The largest absolute Gasteiger partial charge is 0.489 e. The maximum absolute atomic E-state index is 12.6. The fourth-order valence-corrected chi connectivity index (χ4v) is 5.35. The number of esters is 1. The van der Waals surface area contributed by atoms with E-state index in [0.717, 1.165) is 23.3 Å². The van der Waals surface area contributed by atoms with Crippen LogP contribution in [0.25, 0.3) is 0 Å². The van der Waals surface area contributed by atoms with Crippen LogP contribution in [0.5, 0.6) is 23.0 Å². The molecule has 0 N–H and O–H groups in total. The molecular formula is C33H37Cl2NO7. The van der Waals surface area contributed by atoms with Crippen LogP contribution in [-0.2, 0) is 20.9 Å². The van der Waals surface area contributed by atoms with Crippen molar-refractivity contribution in [2.45, 2.75) is 52.6 Å². The number of nitrogens with zero attached hydrogens (tertiary/aromatic N) is 1. The highest BCUT2D eigenvalue weighted by Gasteiger charge is 2.24. The highest BCUT2D eigenvalue weighted by atomic mass is 35.5. The molecular weight excluding hydrogens is 593 g/mol. The molecule has 1 amide bonds. The van der Waals surface area contributed by atoms with Gasteiger partial charge in [-0.2, -0.15) is 0 Å². The Hall–Kier alpha value is -3.62. The molecule has 0 heterocycles. The Morgan fingerprint density at radius 1 is 0.837 bits per heavy atom. The Kier molecular flexibility index (Phi) is 12.2. The Morgan fingerprint density at radius 3 is 2.21 bits per heavy atom. The van der Waals surface area contributed by atoms with Gasteiger partial charge >= 0.3 is 12.1 Å². The molecule has 0 saturated heterocycles. The van der Waals surface area contributed by atoms with Gasteiger partial charge in [0.2, 0.25) is 0 Å². The molecule has 8 nitrogen and oxygen atoms in total. The van der Waals surface area contributed by atoms with E-state index in [-0.39, 0.29) is 41.2 Å². The minimum atomic E-state index is -0.734. The van der Waals surface area contributed by atoms with E-state index in [1.54, 1.807) is 32.0 Å². The minimum absolute atomic E-state index is 0.122. The number of hydrogen-bond donors (Lipinski definition) is 0. The molecule has 0 spiro atoms. The Morgan fingerprint density at radius 2 is 1.53 bits per heavy atom. The predicted molar refractivity (Wildman–Crippen MR) is 167 cm³/mol. The van der Waals surface area contributed by atoms with E-state index in [2.05, 4.69) is 0 Å². The van der Waals surface area contributed by atoms with Crippen LogP contribution in [0.15, 0.2) is 60.7 Å². The van der Waals surface area contributed by atoms with E-state index in [0.29, 0.717) is 36.4 Å². The number of carbonyl (C=O) groups is 2. The molecule has 0 bridgehead atoms. The van der Waals surface area contributed by atoms with Crippen molar-refractivity contribution in [2.75, 3.05) is 31.3 Å². The summed E-state index contributed by atoms with van der Waals surface area (Å²) in [6, 6.07) is 18.2. The molecule has 1 aliphatic carbocycles. The lowest BCUT2D eigenvalue weighted by atomic mass is 9.90. The van der Waals surface area contributed by atoms with Crippen molar-refractivity contribution in [3.63, 3.8) is 0 Å². The molecule has 0 aromatic heterocycles. The summed E-state index contributed by atoms with van der Waals surface area (Å²) in [4.78, 5) is 25.9. The van der Waals surface area contributed by atoms with Crippen LogP contribution >= 0.6 is 23.2 Å². The first-order valence-electron chi connectivity index (χ1n) is 14.6. The van der Waals surface area contributed by atoms with Crippen molar-refractivity contribution >= 4 is 41.0 Å². The first-order valence-corrected chi connectivity index (χ1v) is 15.3. The predicted octanol–water partition coefficient (Wildman–Crippen LogP) is 8.85. The number of halogens is 2. The molecule has 3 aromatic carbocycles. The van der Waals surface area contributed by atoms with Crippen molar-refractivity contribution in [2.24, 2.45) is 5.92 Å². The molecule has 1 aliphatic rings. The monoisotopic (exact) mass is 629 g/mol. The molecule has 3 aromatic rings. The van der Waals surface area contributed by atoms with E-state index in [9.17, 15) is 9.59 Å². The summed E-state index contributed by atoms with van der Waals surface area (Å²) < 4.78 is 28.7. The molecule has 0 unspecified atom stereocenters. The van der Waals surface area contributed by atoms with E-state index >= 15 is 0 Å². The summed E-state index contributed by atoms with van der Waals surface area (Å²) in [7, 11) is 0. The van der Waals surface area contributed by atoms with Gasteiger partial charge in [-0.1, -0.05) is 72.8 Å². The third-order valence-electron chi connectivity index (χ3n) is 6.95. The lowest BCUT2D eigenvalue weighted by Gasteiger charge is -2.23. The number of ether oxygens (including phenoxy) is 5. The minimum Gasteiger partial charge on any atom is -0.489 e. The molecule has 10 heteroatoms. The van der Waals surface area contributed by atoms with E-state index < -0.39 is 12.1 Å². The Labute approximate surface area is 262 Å². The standard InChI is InChI=1S/C33H37Cl2NO7/c1-3-39-31(37)20-36(33(38)40-4-2)25-17-27(34)32(28(35)18-25)43-26-15-16-29(41-21-23-11-7-5-8-12-23)30(19-26)42-22-24-13-9-6-10-14-24/h5,7-8,11-12,15-19,24H,3-4,6,9-10,13-14,20-22H2,1-2H3. The van der Waals surface area contributed by atoms with Crippen molar-refractivity contribution < 1.29 is 33.3 Å². The number of hydrogen-bond acceptors (Lipinski definition) is 7. The van der Waals surface area contributed by atoms with Gasteiger partial charge in [-0.3, -0.25) is 9.69 Å². The summed E-state index contributed by atoms with van der Waals surface area (Å²) in [6.07, 6.45) is 5.26. The number of anilines is 1. The zero-order chi connectivity index (χ0) is 30.6. The lowest BCUT2D eigenvalue weighted by molar-refractivity contribution is -0.141. The maximum Gasteiger partial charge on any atom is 0.414 e. The van der Waals surface area contributed by atoms with Crippen molar-refractivity contribution in [3.8, 4) is 23.0 Å². The van der Waals surface area contributed by atoms with Crippen molar-refractivity contribution in [3.05, 3.63) is 76.3 Å². The topological polar surface area (TPSA) is 83.5 Å². The Bertz CT molecular complexity index is 1340. The SMILES string of the molecule is CCOC(=O)CN(C(=O)OCC)c1cc(Cl)c(Oc2ccc(OCc3ccccc3)c(OCC3CCCCC3)c2)c(Cl)c1. The second kappa shape index (κ2) is 16.3. The third-order valence-corrected chi connectivity index (χ3v) is 7.51. The fourth-order valence-electron chi connectivity index (χ4n) is 4.80. The van der Waals surface area contributed by atoms with Gasteiger partial charge < -0.3 is 23.7 Å². The van der Waals surface area contributed by atoms with Gasteiger partial charge in [0.25, 0.3) is 0 Å². The first kappa shape index (κ1) is 32.3. The molecule has 0 radical (unpaired) electrons. The molecule has 4 rings (SSSR count). The van der Waals surface area contributed by atoms with Crippen LogP contribution in [0.1, 0.15) is 51.5 Å². The highest BCUT2D eigenvalue weighted by molar-refractivity contribution is 6.37. The van der Waals surface area contributed by atoms with Gasteiger partial charge in [0.05, 0.1) is 35.6 Å². The van der Waals surface area contributed by atoms with Gasteiger partial charge in [-0.25, -0.2) is 4.79 Å². The first-order chi connectivity index (χ1) is 20.9. The number of carbonyl (C=O) groups excluding carboxylic acids is 2. The maximum atomic E-state index is 12.6. The van der Waals surface area contributed by atoms with Crippen LogP contribution < -0.4 is 19.1 Å². The van der Waals surface area contributed by atoms with Gasteiger partial charge in [0.1, 0.15) is 18.9 Å². The van der Waals surface area contributed by atoms with E-state index in [4.69, 9.17) is 46.9 Å². The van der Waals surface area contributed by atoms with Crippen LogP contribution in [0.2, 0.25) is 10.0 Å². The summed E-state index contributed by atoms with van der Waals surface area (Å²) in [6.45, 7) is 4.26. The fraction of sp³-hybridized carbons (Fsp3) is 0.394. The number of amides is 1. The van der Waals surface area contributed by atoms with E-state index in [1.807, 2.05) is 30.3 Å². The highest BCUT2D eigenvalue weighted by Crippen LogP contribution is 2.42. The average molecular weight is 631 g/mol. The van der Waals surface area contributed by atoms with Crippen LogP contribution in [0, 0.1) is 5.92 Å². The van der Waals surface area contributed by atoms with Gasteiger partial charge in [0.15, 0.2) is 17.2 Å². The van der Waals surface area contributed by atoms with Crippen LogP contribution in [0.3, 0.4) is 0 Å². The van der Waals surface area contributed by atoms with Gasteiger partial charge in [-0.05, 0) is 62.4 Å².